The van der Waals surface area contributed by atoms with Gasteiger partial charge in [0.15, 0.2) is 0 Å². The number of para-hydroxylation sites is 1. The normalized spacial score (nSPS) is 13.8. The number of aryl methyl sites for hydroxylation is 1. The van der Waals surface area contributed by atoms with E-state index >= 15 is 0 Å². The molecule has 1 saturated heterocycles. The van der Waals surface area contributed by atoms with Crippen molar-refractivity contribution in [2.24, 2.45) is 0 Å². The zero-order chi connectivity index (χ0) is 17.8. The average molecular weight is 341 g/mol. The Morgan fingerprint density at radius 2 is 2.04 bits per heavy atom. The van der Waals surface area contributed by atoms with Crippen molar-refractivity contribution in [2.75, 3.05) is 26.2 Å². The molecule has 7 nitrogen and oxygen atoms in total. The first-order chi connectivity index (χ1) is 12.1. The van der Waals surface area contributed by atoms with Gasteiger partial charge in [0.25, 0.3) is 0 Å². The topological polar surface area (TPSA) is 79.3 Å². The summed E-state index contributed by atoms with van der Waals surface area (Å²) in [6.07, 6.45) is 0.288. The molecule has 0 unspecified atom stereocenters. The van der Waals surface area contributed by atoms with E-state index in [9.17, 15) is 9.59 Å². The van der Waals surface area contributed by atoms with Gasteiger partial charge in [0.05, 0.1) is 17.8 Å². The van der Waals surface area contributed by atoms with Gasteiger partial charge in [-0.25, -0.2) is 9.48 Å². The molecule has 3 amide bonds. The molecule has 1 aliphatic heterocycles. The molecule has 2 N–H and O–H groups in total. The van der Waals surface area contributed by atoms with Crippen molar-refractivity contribution in [2.45, 2.75) is 20.3 Å². The van der Waals surface area contributed by atoms with Crippen LogP contribution in [0.4, 0.5) is 4.79 Å². The van der Waals surface area contributed by atoms with Crippen LogP contribution in [0.5, 0.6) is 0 Å². The predicted molar refractivity (Wildman–Crippen MR) is 94.7 cm³/mol. The number of carbonyl (C=O) groups is 2. The predicted octanol–water partition coefficient (Wildman–Crippen LogP) is 1.17. The maximum atomic E-state index is 12.3. The summed E-state index contributed by atoms with van der Waals surface area (Å²) >= 11 is 0. The van der Waals surface area contributed by atoms with E-state index < -0.39 is 0 Å². The molecule has 0 radical (unpaired) electrons. The Labute approximate surface area is 147 Å². The van der Waals surface area contributed by atoms with Crippen LogP contribution in [-0.2, 0) is 11.2 Å². The molecule has 2 aromatic rings. The molecule has 1 aliphatic rings. The van der Waals surface area contributed by atoms with E-state index in [1.807, 2.05) is 48.9 Å². The van der Waals surface area contributed by atoms with Crippen LogP contribution in [0.2, 0.25) is 0 Å². The fourth-order valence-electron chi connectivity index (χ4n) is 3.03. The first-order valence-electron chi connectivity index (χ1n) is 8.46. The highest BCUT2D eigenvalue weighted by Gasteiger charge is 2.19. The molecule has 1 fully saturated rings. The Bertz CT molecular complexity index is 769. The SMILES string of the molecule is Cc1nn(-c2ccccc2)c(C)c1CC(=O)NCCN1CCNC1=O. The number of nitrogens with zero attached hydrogens (tertiary/aromatic N) is 3. The monoisotopic (exact) mass is 341 g/mol. The molecule has 0 saturated carbocycles. The molecule has 3 rings (SSSR count). The zero-order valence-corrected chi connectivity index (χ0v) is 14.6. The molecule has 132 valence electrons. The van der Waals surface area contributed by atoms with E-state index in [4.69, 9.17) is 0 Å². The van der Waals surface area contributed by atoms with Gasteiger partial charge in [0.1, 0.15) is 0 Å². The lowest BCUT2D eigenvalue weighted by atomic mass is 10.1. The average Bonchev–Trinajstić information content (AvgIpc) is 3.14. The second-order valence-corrected chi connectivity index (χ2v) is 6.14. The van der Waals surface area contributed by atoms with E-state index in [2.05, 4.69) is 15.7 Å². The number of carbonyl (C=O) groups excluding carboxylic acids is 2. The Morgan fingerprint density at radius 3 is 2.72 bits per heavy atom. The van der Waals surface area contributed by atoms with E-state index in [0.29, 0.717) is 26.2 Å². The quantitative estimate of drug-likeness (QED) is 0.828. The summed E-state index contributed by atoms with van der Waals surface area (Å²) in [7, 11) is 0. The third-order valence-corrected chi connectivity index (χ3v) is 4.43. The Kier molecular flexibility index (Phi) is 5.02. The Hall–Kier alpha value is -2.83. The summed E-state index contributed by atoms with van der Waals surface area (Å²) in [5.74, 6) is -0.0570. The molecular weight excluding hydrogens is 318 g/mol. The van der Waals surface area contributed by atoms with Crippen molar-refractivity contribution < 1.29 is 9.59 Å². The van der Waals surface area contributed by atoms with Gasteiger partial charge in [-0.15, -0.1) is 0 Å². The van der Waals surface area contributed by atoms with E-state index in [1.54, 1.807) is 4.90 Å². The molecule has 0 bridgehead atoms. The van der Waals surface area contributed by atoms with Crippen molar-refractivity contribution in [3.8, 4) is 5.69 Å². The van der Waals surface area contributed by atoms with Crippen LogP contribution in [0.15, 0.2) is 30.3 Å². The van der Waals surface area contributed by atoms with Gasteiger partial charge in [-0.3, -0.25) is 4.79 Å². The molecule has 1 aromatic carbocycles. The number of benzene rings is 1. The summed E-state index contributed by atoms with van der Waals surface area (Å²) in [6.45, 7) is 6.24. The standard InChI is InChI=1S/C18H23N5O2/c1-13-16(14(2)23(21-13)15-6-4-3-5-7-15)12-17(24)19-8-10-22-11-9-20-18(22)25/h3-7H,8-12H2,1-2H3,(H,19,24)(H,20,25). The molecule has 0 aliphatic carbocycles. The summed E-state index contributed by atoms with van der Waals surface area (Å²) in [6, 6.07) is 9.81. The van der Waals surface area contributed by atoms with Crippen LogP contribution < -0.4 is 10.6 Å². The Morgan fingerprint density at radius 1 is 1.28 bits per heavy atom. The maximum Gasteiger partial charge on any atom is 0.317 e. The van der Waals surface area contributed by atoms with Gasteiger partial charge < -0.3 is 15.5 Å². The minimum absolute atomic E-state index is 0.0570. The lowest BCUT2D eigenvalue weighted by Crippen LogP contribution is -2.37. The number of amides is 3. The van der Waals surface area contributed by atoms with E-state index in [1.165, 1.54) is 0 Å². The van der Waals surface area contributed by atoms with Crippen LogP contribution in [0.3, 0.4) is 0 Å². The minimum Gasteiger partial charge on any atom is -0.354 e. The number of rotatable bonds is 6. The third-order valence-electron chi connectivity index (χ3n) is 4.43. The first-order valence-corrected chi connectivity index (χ1v) is 8.46. The smallest absolute Gasteiger partial charge is 0.317 e. The van der Waals surface area contributed by atoms with Gasteiger partial charge >= 0.3 is 6.03 Å². The number of urea groups is 1. The Balaban J connectivity index is 1.60. The zero-order valence-electron chi connectivity index (χ0n) is 14.6. The molecule has 2 heterocycles. The van der Waals surface area contributed by atoms with Crippen LogP contribution >= 0.6 is 0 Å². The molecular formula is C18H23N5O2. The van der Waals surface area contributed by atoms with Gasteiger partial charge in [-0.05, 0) is 26.0 Å². The summed E-state index contributed by atoms with van der Waals surface area (Å²) in [5, 5.41) is 10.2. The second kappa shape index (κ2) is 7.38. The largest absolute Gasteiger partial charge is 0.354 e. The van der Waals surface area contributed by atoms with Gasteiger partial charge in [-0.1, -0.05) is 18.2 Å². The number of nitrogens with one attached hydrogen (secondary N) is 2. The van der Waals surface area contributed by atoms with Crippen LogP contribution in [-0.4, -0.2) is 52.8 Å². The van der Waals surface area contributed by atoms with E-state index in [0.717, 1.165) is 22.6 Å². The first kappa shape index (κ1) is 17.0. The molecule has 7 heteroatoms. The highest BCUT2D eigenvalue weighted by molar-refractivity contribution is 5.79. The van der Waals surface area contributed by atoms with Crippen molar-refractivity contribution in [3.05, 3.63) is 47.3 Å². The molecule has 25 heavy (non-hydrogen) atoms. The summed E-state index contributed by atoms with van der Waals surface area (Å²) in [4.78, 5) is 25.4. The van der Waals surface area contributed by atoms with Gasteiger partial charge in [0.2, 0.25) is 5.91 Å². The van der Waals surface area contributed by atoms with Crippen LogP contribution in [0, 0.1) is 13.8 Å². The van der Waals surface area contributed by atoms with Crippen molar-refractivity contribution >= 4 is 11.9 Å². The van der Waals surface area contributed by atoms with Gasteiger partial charge in [0, 0.05) is 37.4 Å². The molecule has 1 aromatic heterocycles. The summed E-state index contributed by atoms with van der Waals surface area (Å²) in [5.41, 5.74) is 3.75. The van der Waals surface area contributed by atoms with Crippen LogP contribution in [0.25, 0.3) is 5.69 Å². The summed E-state index contributed by atoms with van der Waals surface area (Å²) < 4.78 is 1.87. The fourth-order valence-corrected chi connectivity index (χ4v) is 3.03. The number of hydrogen-bond donors (Lipinski definition) is 2. The minimum atomic E-state index is -0.0647. The lowest BCUT2D eigenvalue weighted by molar-refractivity contribution is -0.120. The van der Waals surface area contributed by atoms with Crippen LogP contribution in [0.1, 0.15) is 17.0 Å². The maximum absolute atomic E-state index is 12.3. The lowest BCUT2D eigenvalue weighted by Gasteiger charge is -2.14. The number of hydrogen-bond acceptors (Lipinski definition) is 3. The third kappa shape index (κ3) is 3.81. The van der Waals surface area contributed by atoms with Crippen molar-refractivity contribution in [3.63, 3.8) is 0 Å². The van der Waals surface area contributed by atoms with Crippen molar-refractivity contribution in [1.82, 2.24) is 25.3 Å². The molecule has 0 atom stereocenters. The fraction of sp³-hybridized carbons (Fsp3) is 0.389. The highest BCUT2D eigenvalue weighted by atomic mass is 16.2. The van der Waals surface area contributed by atoms with Gasteiger partial charge in [-0.2, -0.15) is 5.10 Å². The number of aromatic nitrogens is 2. The second-order valence-electron chi connectivity index (χ2n) is 6.14. The van der Waals surface area contributed by atoms with Crippen molar-refractivity contribution in [1.29, 1.82) is 0 Å². The molecule has 0 spiro atoms. The van der Waals surface area contributed by atoms with E-state index in [-0.39, 0.29) is 18.4 Å². The highest BCUT2D eigenvalue weighted by Crippen LogP contribution is 2.18.